The van der Waals surface area contributed by atoms with E-state index in [0.717, 1.165) is 24.4 Å². The molecule has 152 valence electrons. The van der Waals surface area contributed by atoms with Crippen molar-refractivity contribution in [1.29, 1.82) is 5.26 Å². The third kappa shape index (κ3) is 5.70. The molecule has 3 rings (SSSR count). The van der Waals surface area contributed by atoms with Crippen LogP contribution in [0.5, 0.6) is 11.5 Å². The lowest BCUT2D eigenvalue weighted by Crippen LogP contribution is -2.44. The highest BCUT2D eigenvalue weighted by Gasteiger charge is 2.23. The molecular formula is C22H25N3O4. The highest BCUT2D eigenvalue weighted by atomic mass is 16.5. The number of morpholine rings is 1. The van der Waals surface area contributed by atoms with Crippen LogP contribution in [-0.2, 0) is 9.53 Å². The smallest absolute Gasteiger partial charge is 0.258 e. The molecule has 7 heteroatoms. The number of amides is 1. The maximum atomic E-state index is 12.4. The van der Waals surface area contributed by atoms with Gasteiger partial charge in [-0.25, -0.2) is 0 Å². The molecule has 0 aromatic heterocycles. The fourth-order valence-electron chi connectivity index (χ4n) is 3.26. The Kier molecular flexibility index (Phi) is 7.45. The van der Waals surface area contributed by atoms with Crippen LogP contribution < -0.4 is 14.8 Å². The minimum Gasteiger partial charge on any atom is -0.497 e. The molecule has 1 aliphatic heterocycles. The summed E-state index contributed by atoms with van der Waals surface area (Å²) >= 11 is 0. The molecule has 0 bridgehead atoms. The van der Waals surface area contributed by atoms with Crippen molar-refractivity contribution in [2.45, 2.75) is 6.04 Å². The standard InChI is InChI=1S/C22H25N3O4/c1-27-19-8-6-17(7-9-19)20(25-10-12-28-13-11-25)15-24-22(26)16-29-21-5-3-2-4-18(21)14-23/h2-9,20H,10-13,15-16H2,1H3,(H,24,26)/t20-/m1/s1. The molecule has 1 fully saturated rings. The van der Waals surface area contributed by atoms with Crippen molar-refractivity contribution in [3.63, 3.8) is 0 Å². The Balaban J connectivity index is 1.61. The van der Waals surface area contributed by atoms with Crippen LogP contribution in [0.4, 0.5) is 0 Å². The first-order valence-electron chi connectivity index (χ1n) is 9.55. The Morgan fingerprint density at radius 1 is 1.21 bits per heavy atom. The molecule has 0 saturated carbocycles. The summed E-state index contributed by atoms with van der Waals surface area (Å²) < 4.78 is 16.2. The molecule has 1 atom stereocenters. The van der Waals surface area contributed by atoms with Crippen molar-refractivity contribution in [3.05, 3.63) is 59.7 Å². The van der Waals surface area contributed by atoms with E-state index in [2.05, 4.69) is 16.3 Å². The predicted molar refractivity (Wildman–Crippen MR) is 108 cm³/mol. The monoisotopic (exact) mass is 395 g/mol. The summed E-state index contributed by atoms with van der Waals surface area (Å²) in [6.07, 6.45) is 0. The Labute approximate surface area is 170 Å². The molecule has 1 heterocycles. The van der Waals surface area contributed by atoms with Crippen LogP contribution in [0.2, 0.25) is 0 Å². The average Bonchev–Trinajstić information content (AvgIpc) is 2.79. The first-order valence-corrected chi connectivity index (χ1v) is 9.55. The van der Waals surface area contributed by atoms with E-state index in [1.54, 1.807) is 31.4 Å². The van der Waals surface area contributed by atoms with Gasteiger partial charge in [-0.15, -0.1) is 0 Å². The number of nitrogens with zero attached hydrogens (tertiary/aromatic N) is 2. The van der Waals surface area contributed by atoms with Gasteiger partial charge in [0.1, 0.15) is 17.6 Å². The van der Waals surface area contributed by atoms with Crippen molar-refractivity contribution in [3.8, 4) is 17.6 Å². The molecule has 1 aliphatic rings. The van der Waals surface area contributed by atoms with Gasteiger partial charge in [-0.05, 0) is 29.8 Å². The minimum atomic E-state index is -0.232. The molecule has 1 N–H and O–H groups in total. The lowest BCUT2D eigenvalue weighted by atomic mass is 10.0. The van der Waals surface area contributed by atoms with E-state index in [9.17, 15) is 4.79 Å². The summed E-state index contributed by atoms with van der Waals surface area (Å²) in [6, 6.07) is 16.8. The second-order valence-electron chi connectivity index (χ2n) is 6.64. The number of ether oxygens (including phenoxy) is 3. The summed E-state index contributed by atoms with van der Waals surface area (Å²) in [5, 5.41) is 12.1. The number of hydrogen-bond acceptors (Lipinski definition) is 6. The molecule has 2 aromatic rings. The van der Waals surface area contributed by atoms with Gasteiger partial charge in [-0.2, -0.15) is 5.26 Å². The van der Waals surface area contributed by atoms with E-state index in [-0.39, 0.29) is 18.6 Å². The molecule has 0 spiro atoms. The summed E-state index contributed by atoms with van der Waals surface area (Å²) in [6.45, 7) is 3.27. The molecule has 1 amide bonds. The molecule has 7 nitrogen and oxygen atoms in total. The Morgan fingerprint density at radius 3 is 2.62 bits per heavy atom. The SMILES string of the molecule is COc1ccc([C@@H](CNC(=O)COc2ccccc2C#N)N2CCOCC2)cc1. The highest BCUT2D eigenvalue weighted by molar-refractivity contribution is 5.77. The lowest BCUT2D eigenvalue weighted by Gasteiger charge is -2.35. The molecule has 29 heavy (non-hydrogen) atoms. The Morgan fingerprint density at radius 2 is 1.93 bits per heavy atom. The van der Waals surface area contributed by atoms with E-state index >= 15 is 0 Å². The molecule has 2 aromatic carbocycles. The van der Waals surface area contributed by atoms with Gasteiger partial charge in [0, 0.05) is 19.6 Å². The largest absolute Gasteiger partial charge is 0.497 e. The van der Waals surface area contributed by atoms with Crippen LogP contribution in [0.1, 0.15) is 17.2 Å². The summed E-state index contributed by atoms with van der Waals surface area (Å²) in [4.78, 5) is 14.7. The number of nitriles is 1. The molecule has 0 radical (unpaired) electrons. The van der Waals surface area contributed by atoms with Crippen LogP contribution in [0.25, 0.3) is 0 Å². The van der Waals surface area contributed by atoms with Gasteiger partial charge >= 0.3 is 0 Å². The normalized spacial score (nSPS) is 15.2. The second-order valence-corrected chi connectivity index (χ2v) is 6.64. The van der Waals surface area contributed by atoms with Crippen LogP contribution in [0.15, 0.2) is 48.5 Å². The minimum absolute atomic E-state index is 0.0279. The second kappa shape index (κ2) is 10.5. The van der Waals surface area contributed by atoms with Gasteiger partial charge in [-0.1, -0.05) is 24.3 Å². The van der Waals surface area contributed by atoms with Gasteiger partial charge in [0.2, 0.25) is 0 Å². The zero-order valence-corrected chi connectivity index (χ0v) is 16.5. The van der Waals surface area contributed by atoms with Gasteiger partial charge in [0.15, 0.2) is 6.61 Å². The number of methoxy groups -OCH3 is 1. The van der Waals surface area contributed by atoms with Gasteiger partial charge in [0.25, 0.3) is 5.91 Å². The van der Waals surface area contributed by atoms with E-state index in [1.807, 2.05) is 24.3 Å². The third-order valence-corrected chi connectivity index (χ3v) is 4.85. The van der Waals surface area contributed by atoms with Crippen LogP contribution in [-0.4, -0.2) is 57.4 Å². The summed E-state index contributed by atoms with van der Waals surface area (Å²) in [7, 11) is 1.64. The molecular weight excluding hydrogens is 370 g/mol. The van der Waals surface area contributed by atoms with Crippen LogP contribution >= 0.6 is 0 Å². The van der Waals surface area contributed by atoms with Gasteiger partial charge < -0.3 is 19.5 Å². The predicted octanol–water partition coefficient (Wildman–Crippen LogP) is 2.14. The van der Waals surface area contributed by atoms with E-state index in [0.29, 0.717) is 31.1 Å². The first-order chi connectivity index (χ1) is 14.2. The van der Waals surface area contributed by atoms with Gasteiger partial charge in [-0.3, -0.25) is 9.69 Å². The van der Waals surface area contributed by atoms with Crippen LogP contribution in [0.3, 0.4) is 0 Å². The number of carbonyl (C=O) groups is 1. The van der Waals surface area contributed by atoms with E-state index < -0.39 is 0 Å². The molecule has 0 unspecified atom stereocenters. The quantitative estimate of drug-likeness (QED) is 0.737. The highest BCUT2D eigenvalue weighted by Crippen LogP contribution is 2.23. The van der Waals surface area contributed by atoms with Crippen molar-refractivity contribution >= 4 is 5.91 Å². The number of benzene rings is 2. The van der Waals surface area contributed by atoms with Gasteiger partial charge in [0.05, 0.1) is 31.9 Å². The Hall–Kier alpha value is -3.08. The first kappa shape index (κ1) is 20.6. The maximum Gasteiger partial charge on any atom is 0.258 e. The van der Waals surface area contributed by atoms with Crippen molar-refractivity contribution in [2.75, 3.05) is 46.6 Å². The Bertz CT molecular complexity index is 842. The number of para-hydroxylation sites is 1. The van der Waals surface area contributed by atoms with Crippen LogP contribution in [0, 0.1) is 11.3 Å². The molecule has 0 aliphatic carbocycles. The number of hydrogen-bond donors (Lipinski definition) is 1. The summed E-state index contributed by atoms with van der Waals surface area (Å²) in [5.74, 6) is 0.970. The average molecular weight is 395 g/mol. The van der Waals surface area contributed by atoms with Crippen molar-refractivity contribution in [1.82, 2.24) is 10.2 Å². The van der Waals surface area contributed by atoms with Crippen molar-refractivity contribution in [2.24, 2.45) is 0 Å². The number of carbonyl (C=O) groups excluding carboxylic acids is 1. The van der Waals surface area contributed by atoms with E-state index in [4.69, 9.17) is 19.5 Å². The third-order valence-electron chi connectivity index (χ3n) is 4.85. The topological polar surface area (TPSA) is 83.8 Å². The summed E-state index contributed by atoms with van der Waals surface area (Å²) in [5.41, 5.74) is 1.51. The fourth-order valence-corrected chi connectivity index (χ4v) is 3.26. The van der Waals surface area contributed by atoms with Crippen molar-refractivity contribution < 1.29 is 19.0 Å². The number of nitrogens with one attached hydrogen (secondary N) is 1. The maximum absolute atomic E-state index is 12.4. The zero-order valence-electron chi connectivity index (χ0n) is 16.5. The zero-order chi connectivity index (χ0) is 20.5. The molecule has 1 saturated heterocycles. The number of rotatable bonds is 8. The fraction of sp³-hybridized carbons (Fsp3) is 0.364. The van der Waals surface area contributed by atoms with E-state index in [1.165, 1.54) is 0 Å². The lowest BCUT2D eigenvalue weighted by molar-refractivity contribution is -0.123.